The Hall–Kier alpha value is -3.15. The normalized spacial score (nSPS) is 10.6. The van der Waals surface area contributed by atoms with Crippen LogP contribution in [-0.2, 0) is 16.1 Å². The second-order valence-electron chi connectivity index (χ2n) is 5.86. The first-order valence-corrected chi connectivity index (χ1v) is 7.96. The van der Waals surface area contributed by atoms with Crippen LogP contribution in [-0.4, -0.2) is 27.8 Å². The average molecular weight is 337 g/mol. The van der Waals surface area contributed by atoms with E-state index in [0.29, 0.717) is 11.3 Å². The van der Waals surface area contributed by atoms with Crippen LogP contribution in [0.25, 0.3) is 5.65 Å². The van der Waals surface area contributed by atoms with Crippen LogP contribution in [0.1, 0.15) is 27.2 Å². The van der Waals surface area contributed by atoms with Gasteiger partial charge in [-0.1, -0.05) is 24.3 Å². The molecule has 6 nitrogen and oxygen atoms in total. The highest BCUT2D eigenvalue weighted by molar-refractivity contribution is 5.97. The Bertz CT molecular complexity index is 931. The molecule has 1 aromatic carbocycles. The predicted molar refractivity (Wildman–Crippen MR) is 93.2 cm³/mol. The summed E-state index contributed by atoms with van der Waals surface area (Å²) in [7, 11) is 0. The SMILES string of the molecule is Cc1ccc2nc(COC(=O)CNC(=O)c3ccccc3C)cn2c1. The molecule has 0 fully saturated rings. The molecule has 0 radical (unpaired) electrons. The Kier molecular flexibility index (Phi) is 4.79. The van der Waals surface area contributed by atoms with E-state index in [9.17, 15) is 9.59 Å². The van der Waals surface area contributed by atoms with Crippen molar-refractivity contribution < 1.29 is 14.3 Å². The number of fused-ring (bicyclic) bond motifs is 1. The summed E-state index contributed by atoms with van der Waals surface area (Å²) in [6, 6.07) is 11.1. The number of rotatable bonds is 5. The molecule has 2 heterocycles. The van der Waals surface area contributed by atoms with Crippen molar-refractivity contribution in [2.75, 3.05) is 6.54 Å². The molecule has 25 heavy (non-hydrogen) atoms. The second-order valence-corrected chi connectivity index (χ2v) is 5.86. The van der Waals surface area contributed by atoms with Gasteiger partial charge in [0.15, 0.2) is 0 Å². The summed E-state index contributed by atoms with van der Waals surface area (Å²) < 4.78 is 7.06. The molecule has 0 saturated carbocycles. The highest BCUT2D eigenvalue weighted by Gasteiger charge is 2.11. The third-order valence-electron chi connectivity index (χ3n) is 3.81. The van der Waals surface area contributed by atoms with Crippen LogP contribution < -0.4 is 5.32 Å². The number of esters is 1. The third-order valence-corrected chi connectivity index (χ3v) is 3.81. The molecule has 3 aromatic rings. The summed E-state index contributed by atoms with van der Waals surface area (Å²) in [6.45, 7) is 3.73. The van der Waals surface area contributed by atoms with Crippen molar-refractivity contribution in [1.82, 2.24) is 14.7 Å². The minimum absolute atomic E-state index is 0.0692. The van der Waals surface area contributed by atoms with E-state index in [1.807, 2.05) is 54.9 Å². The zero-order valence-corrected chi connectivity index (χ0v) is 14.2. The summed E-state index contributed by atoms with van der Waals surface area (Å²) in [5, 5.41) is 2.57. The molecular formula is C19H19N3O3. The van der Waals surface area contributed by atoms with Crippen LogP contribution in [0.15, 0.2) is 48.8 Å². The third kappa shape index (κ3) is 4.03. The number of pyridine rings is 1. The molecule has 0 unspecified atom stereocenters. The number of nitrogens with zero attached hydrogens (tertiary/aromatic N) is 2. The van der Waals surface area contributed by atoms with E-state index < -0.39 is 5.97 Å². The van der Waals surface area contributed by atoms with Crippen molar-refractivity contribution in [2.24, 2.45) is 0 Å². The van der Waals surface area contributed by atoms with Gasteiger partial charge in [-0.3, -0.25) is 9.59 Å². The van der Waals surface area contributed by atoms with Crippen LogP contribution >= 0.6 is 0 Å². The summed E-state index contributed by atoms with van der Waals surface area (Å²) in [5.74, 6) is -0.798. The molecule has 0 spiro atoms. The van der Waals surface area contributed by atoms with E-state index in [2.05, 4.69) is 10.3 Å². The molecule has 0 aliphatic carbocycles. The van der Waals surface area contributed by atoms with Crippen molar-refractivity contribution in [1.29, 1.82) is 0 Å². The van der Waals surface area contributed by atoms with Crippen LogP contribution in [0.4, 0.5) is 0 Å². The van der Waals surface area contributed by atoms with Crippen LogP contribution in [0.3, 0.4) is 0 Å². The van der Waals surface area contributed by atoms with Gasteiger partial charge in [-0.05, 0) is 37.1 Å². The first-order valence-electron chi connectivity index (χ1n) is 7.96. The fraction of sp³-hybridized carbons (Fsp3) is 0.211. The highest BCUT2D eigenvalue weighted by atomic mass is 16.5. The summed E-state index contributed by atoms with van der Waals surface area (Å²) >= 11 is 0. The van der Waals surface area contributed by atoms with Gasteiger partial charge in [-0.25, -0.2) is 4.98 Å². The van der Waals surface area contributed by atoms with Gasteiger partial charge in [0.2, 0.25) is 0 Å². The average Bonchev–Trinajstić information content (AvgIpc) is 3.00. The molecule has 0 bridgehead atoms. The smallest absolute Gasteiger partial charge is 0.325 e. The van der Waals surface area contributed by atoms with Gasteiger partial charge in [0.1, 0.15) is 18.8 Å². The lowest BCUT2D eigenvalue weighted by Crippen LogP contribution is -2.31. The van der Waals surface area contributed by atoms with Crippen molar-refractivity contribution in [2.45, 2.75) is 20.5 Å². The lowest BCUT2D eigenvalue weighted by Gasteiger charge is -2.07. The quantitative estimate of drug-likeness (QED) is 0.726. The minimum Gasteiger partial charge on any atom is -0.458 e. The van der Waals surface area contributed by atoms with E-state index in [0.717, 1.165) is 16.8 Å². The lowest BCUT2D eigenvalue weighted by molar-refractivity contribution is -0.143. The zero-order chi connectivity index (χ0) is 17.8. The maximum Gasteiger partial charge on any atom is 0.325 e. The second kappa shape index (κ2) is 7.17. The number of aryl methyl sites for hydroxylation is 2. The fourth-order valence-corrected chi connectivity index (χ4v) is 2.51. The van der Waals surface area contributed by atoms with Gasteiger partial charge in [0.25, 0.3) is 5.91 Å². The lowest BCUT2D eigenvalue weighted by atomic mass is 10.1. The maximum atomic E-state index is 12.1. The van der Waals surface area contributed by atoms with Crippen molar-refractivity contribution in [3.8, 4) is 0 Å². The van der Waals surface area contributed by atoms with Crippen LogP contribution in [0.2, 0.25) is 0 Å². The molecule has 0 atom stereocenters. The number of amides is 1. The molecule has 3 rings (SSSR count). The standard InChI is InChI=1S/C19H19N3O3/c1-13-7-8-17-21-15(11-22(17)10-13)12-25-18(23)9-20-19(24)16-6-4-3-5-14(16)2/h3-8,10-11H,9,12H2,1-2H3,(H,20,24). The van der Waals surface area contributed by atoms with Crippen LogP contribution in [0, 0.1) is 13.8 Å². The predicted octanol–water partition coefficient (Wildman–Crippen LogP) is 2.42. The van der Waals surface area contributed by atoms with Crippen molar-refractivity contribution in [3.63, 3.8) is 0 Å². The molecule has 0 aliphatic rings. The summed E-state index contributed by atoms with van der Waals surface area (Å²) in [6.07, 6.45) is 3.78. The molecule has 1 amide bonds. The molecule has 128 valence electrons. The Labute approximate surface area is 145 Å². The first-order chi connectivity index (χ1) is 12.0. The maximum absolute atomic E-state index is 12.1. The number of benzene rings is 1. The molecule has 0 aliphatic heterocycles. The fourth-order valence-electron chi connectivity index (χ4n) is 2.51. The first kappa shape index (κ1) is 16.7. The largest absolute Gasteiger partial charge is 0.458 e. The van der Waals surface area contributed by atoms with Crippen molar-refractivity contribution >= 4 is 17.5 Å². The van der Waals surface area contributed by atoms with Gasteiger partial charge in [0, 0.05) is 18.0 Å². The summed E-state index contributed by atoms with van der Waals surface area (Å²) in [4.78, 5) is 28.3. The summed E-state index contributed by atoms with van der Waals surface area (Å²) in [5.41, 5.74) is 3.97. The van der Waals surface area contributed by atoms with E-state index in [4.69, 9.17) is 4.74 Å². The van der Waals surface area contributed by atoms with Gasteiger partial charge < -0.3 is 14.5 Å². The molecule has 2 aromatic heterocycles. The van der Waals surface area contributed by atoms with E-state index >= 15 is 0 Å². The number of carbonyl (C=O) groups is 2. The van der Waals surface area contributed by atoms with Gasteiger partial charge >= 0.3 is 5.97 Å². The zero-order valence-electron chi connectivity index (χ0n) is 14.2. The number of carbonyl (C=O) groups excluding carboxylic acids is 2. The van der Waals surface area contributed by atoms with Gasteiger partial charge in [-0.15, -0.1) is 0 Å². The van der Waals surface area contributed by atoms with Crippen molar-refractivity contribution in [3.05, 3.63) is 71.2 Å². The molecule has 1 N–H and O–H groups in total. The number of ether oxygens (including phenoxy) is 1. The van der Waals surface area contributed by atoms with Gasteiger partial charge in [-0.2, -0.15) is 0 Å². The van der Waals surface area contributed by atoms with E-state index in [1.165, 1.54) is 0 Å². The topological polar surface area (TPSA) is 72.7 Å². The Morgan fingerprint density at radius 3 is 2.72 bits per heavy atom. The molecular weight excluding hydrogens is 318 g/mol. The van der Waals surface area contributed by atoms with Crippen LogP contribution in [0.5, 0.6) is 0 Å². The minimum atomic E-state index is -0.504. The monoisotopic (exact) mass is 337 g/mol. The Morgan fingerprint density at radius 1 is 1.12 bits per heavy atom. The Balaban J connectivity index is 1.52. The molecule has 0 saturated heterocycles. The van der Waals surface area contributed by atoms with Gasteiger partial charge in [0.05, 0.1) is 5.69 Å². The van der Waals surface area contributed by atoms with E-state index in [1.54, 1.807) is 12.1 Å². The number of hydrogen-bond acceptors (Lipinski definition) is 4. The van der Waals surface area contributed by atoms with E-state index in [-0.39, 0.29) is 19.1 Å². The molecule has 6 heteroatoms. The Morgan fingerprint density at radius 2 is 1.92 bits per heavy atom. The number of nitrogens with one attached hydrogen (secondary N) is 1. The highest BCUT2D eigenvalue weighted by Crippen LogP contribution is 2.08. The number of aromatic nitrogens is 2. The number of imidazole rings is 1. The number of hydrogen-bond donors (Lipinski definition) is 1.